The third kappa shape index (κ3) is 2.94. The van der Waals surface area contributed by atoms with Crippen LogP contribution in [0, 0.1) is 0 Å². The van der Waals surface area contributed by atoms with Crippen LogP contribution >= 0.6 is 0 Å². The predicted molar refractivity (Wildman–Crippen MR) is 61.0 cm³/mol. The third-order valence-electron chi connectivity index (χ3n) is 2.28. The van der Waals surface area contributed by atoms with Crippen molar-refractivity contribution in [3.63, 3.8) is 0 Å². The lowest BCUT2D eigenvalue weighted by Crippen LogP contribution is -2.05. The summed E-state index contributed by atoms with van der Waals surface area (Å²) in [5.74, 6) is -0.0185. The summed E-state index contributed by atoms with van der Waals surface area (Å²) in [5.41, 5.74) is 1.68. The number of carbonyl (C=O) groups is 1. The molecule has 0 saturated heterocycles. The van der Waals surface area contributed by atoms with Crippen LogP contribution in [0.25, 0.3) is 0 Å². The first-order valence-corrected chi connectivity index (χ1v) is 5.08. The van der Waals surface area contributed by atoms with Gasteiger partial charge in [0.2, 0.25) is 0 Å². The molecule has 0 spiro atoms. The lowest BCUT2D eigenvalue weighted by molar-refractivity contribution is 0.0526. The van der Waals surface area contributed by atoms with Crippen molar-refractivity contribution in [3.8, 4) is 0 Å². The van der Waals surface area contributed by atoms with E-state index in [0.29, 0.717) is 12.2 Å². The van der Waals surface area contributed by atoms with Crippen molar-refractivity contribution in [2.45, 2.75) is 19.8 Å². The first-order chi connectivity index (χ1) is 7.19. The number of allylic oxidation sites excluding steroid dienone is 1. The van der Waals surface area contributed by atoms with E-state index in [-0.39, 0.29) is 11.9 Å². The van der Waals surface area contributed by atoms with Crippen LogP contribution in [0.2, 0.25) is 0 Å². The Morgan fingerprint density at radius 2 is 2.33 bits per heavy atom. The molecule has 0 heterocycles. The van der Waals surface area contributed by atoms with E-state index in [9.17, 15) is 4.79 Å². The quantitative estimate of drug-likeness (QED) is 0.556. The van der Waals surface area contributed by atoms with Gasteiger partial charge >= 0.3 is 5.97 Å². The lowest BCUT2D eigenvalue weighted by Gasteiger charge is -2.08. The first-order valence-electron chi connectivity index (χ1n) is 5.08. The predicted octanol–water partition coefficient (Wildman–Crippen LogP) is 3.15. The average molecular weight is 204 g/mol. The summed E-state index contributed by atoms with van der Waals surface area (Å²) in [5, 5.41) is 0. The van der Waals surface area contributed by atoms with E-state index in [4.69, 9.17) is 4.74 Å². The van der Waals surface area contributed by atoms with Crippen molar-refractivity contribution in [1.29, 1.82) is 0 Å². The Bertz CT molecular complexity index is 355. The molecule has 0 radical (unpaired) electrons. The Morgan fingerprint density at radius 3 is 2.93 bits per heavy atom. The second kappa shape index (κ2) is 5.35. The molecular formula is C13H16O2. The zero-order valence-corrected chi connectivity index (χ0v) is 9.19. The minimum absolute atomic E-state index is 0.249. The van der Waals surface area contributed by atoms with Crippen molar-refractivity contribution < 1.29 is 9.53 Å². The number of benzene rings is 1. The summed E-state index contributed by atoms with van der Waals surface area (Å²) >= 11 is 0. The summed E-state index contributed by atoms with van der Waals surface area (Å²) in [6, 6.07) is 7.46. The van der Waals surface area contributed by atoms with Gasteiger partial charge in [-0.3, -0.25) is 0 Å². The Hall–Kier alpha value is -1.57. The third-order valence-corrected chi connectivity index (χ3v) is 2.28. The van der Waals surface area contributed by atoms with Crippen molar-refractivity contribution in [2.75, 3.05) is 6.61 Å². The number of hydrogen-bond acceptors (Lipinski definition) is 2. The molecule has 0 aromatic heterocycles. The van der Waals surface area contributed by atoms with E-state index in [1.165, 1.54) is 0 Å². The van der Waals surface area contributed by atoms with E-state index in [2.05, 4.69) is 6.58 Å². The monoisotopic (exact) mass is 204 g/mol. The Balaban J connectivity index is 2.91. The number of hydrogen-bond donors (Lipinski definition) is 0. The maximum absolute atomic E-state index is 11.5. The lowest BCUT2D eigenvalue weighted by atomic mass is 9.99. The van der Waals surface area contributed by atoms with Gasteiger partial charge in [0.25, 0.3) is 0 Å². The molecule has 1 aromatic carbocycles. The summed E-state index contributed by atoms with van der Waals surface area (Å²) in [7, 11) is 0. The minimum Gasteiger partial charge on any atom is -0.462 e. The molecule has 1 aromatic rings. The first kappa shape index (κ1) is 11.5. The second-order valence-corrected chi connectivity index (χ2v) is 3.37. The smallest absolute Gasteiger partial charge is 0.338 e. The van der Waals surface area contributed by atoms with Gasteiger partial charge in [-0.2, -0.15) is 0 Å². The van der Waals surface area contributed by atoms with E-state index in [1.807, 2.05) is 31.2 Å². The summed E-state index contributed by atoms with van der Waals surface area (Å²) < 4.78 is 4.93. The molecule has 2 heteroatoms. The molecule has 0 aliphatic rings. The van der Waals surface area contributed by atoms with Crippen LogP contribution < -0.4 is 0 Å². The minimum atomic E-state index is -0.268. The zero-order chi connectivity index (χ0) is 11.3. The fourth-order valence-electron chi connectivity index (χ4n) is 1.30. The molecule has 0 bridgehead atoms. The average Bonchev–Trinajstić information content (AvgIpc) is 2.28. The van der Waals surface area contributed by atoms with E-state index in [0.717, 1.165) is 5.56 Å². The topological polar surface area (TPSA) is 26.3 Å². The number of esters is 1. The molecule has 15 heavy (non-hydrogen) atoms. The number of rotatable bonds is 4. The molecule has 1 rings (SSSR count). The molecule has 0 aliphatic heterocycles. The molecule has 0 saturated carbocycles. The molecule has 0 aliphatic carbocycles. The van der Waals surface area contributed by atoms with Crippen LogP contribution in [-0.4, -0.2) is 12.6 Å². The molecular weight excluding hydrogens is 188 g/mol. The van der Waals surface area contributed by atoms with Gasteiger partial charge in [0.15, 0.2) is 0 Å². The maximum atomic E-state index is 11.5. The van der Waals surface area contributed by atoms with Gasteiger partial charge < -0.3 is 4.74 Å². The normalized spacial score (nSPS) is 11.9. The van der Waals surface area contributed by atoms with E-state index >= 15 is 0 Å². The number of ether oxygens (including phenoxy) is 1. The van der Waals surface area contributed by atoms with Crippen LogP contribution in [-0.2, 0) is 4.74 Å². The van der Waals surface area contributed by atoms with Gasteiger partial charge in [-0.25, -0.2) is 4.79 Å². The highest BCUT2D eigenvalue weighted by Crippen LogP contribution is 2.17. The second-order valence-electron chi connectivity index (χ2n) is 3.37. The molecule has 80 valence electrons. The highest BCUT2D eigenvalue weighted by atomic mass is 16.5. The summed E-state index contributed by atoms with van der Waals surface area (Å²) in [6.07, 6.45) is 1.85. The zero-order valence-electron chi connectivity index (χ0n) is 9.19. The van der Waals surface area contributed by atoms with Crippen molar-refractivity contribution >= 4 is 5.97 Å². The van der Waals surface area contributed by atoms with E-state index in [1.54, 1.807) is 13.0 Å². The molecule has 1 atom stereocenters. The van der Waals surface area contributed by atoms with Gasteiger partial charge in [-0.15, -0.1) is 6.58 Å². The van der Waals surface area contributed by atoms with Gasteiger partial charge in [-0.05, 0) is 30.5 Å². The fraction of sp³-hybridized carbons (Fsp3) is 0.308. The van der Waals surface area contributed by atoms with Crippen LogP contribution in [0.15, 0.2) is 36.9 Å². The SMILES string of the molecule is C=CC(C)c1cccc(C(=O)OCC)c1. The van der Waals surface area contributed by atoms with E-state index < -0.39 is 0 Å². The van der Waals surface area contributed by atoms with Crippen LogP contribution in [0.4, 0.5) is 0 Å². The Kier molecular flexibility index (Phi) is 4.10. The Morgan fingerprint density at radius 1 is 1.60 bits per heavy atom. The molecule has 0 fully saturated rings. The van der Waals surface area contributed by atoms with Crippen molar-refractivity contribution in [1.82, 2.24) is 0 Å². The largest absolute Gasteiger partial charge is 0.462 e. The molecule has 0 N–H and O–H groups in total. The summed E-state index contributed by atoms with van der Waals surface area (Å²) in [6.45, 7) is 7.97. The van der Waals surface area contributed by atoms with Gasteiger partial charge in [0, 0.05) is 0 Å². The standard InChI is InChI=1S/C13H16O2/c1-4-10(3)11-7-6-8-12(9-11)13(14)15-5-2/h4,6-10H,1,5H2,2-3H3. The van der Waals surface area contributed by atoms with Crippen molar-refractivity contribution in [3.05, 3.63) is 48.0 Å². The van der Waals surface area contributed by atoms with Crippen molar-refractivity contribution in [2.24, 2.45) is 0 Å². The van der Waals surface area contributed by atoms with Gasteiger partial charge in [0.05, 0.1) is 12.2 Å². The number of carbonyl (C=O) groups excluding carboxylic acids is 1. The maximum Gasteiger partial charge on any atom is 0.338 e. The fourth-order valence-corrected chi connectivity index (χ4v) is 1.30. The van der Waals surface area contributed by atoms with Crippen LogP contribution in [0.1, 0.15) is 35.7 Å². The summed E-state index contributed by atoms with van der Waals surface area (Å²) in [4.78, 5) is 11.5. The van der Waals surface area contributed by atoms with Gasteiger partial charge in [0.1, 0.15) is 0 Å². The Labute approximate surface area is 90.6 Å². The highest BCUT2D eigenvalue weighted by Gasteiger charge is 2.08. The molecule has 2 nitrogen and oxygen atoms in total. The van der Waals surface area contributed by atoms with Crippen LogP contribution in [0.3, 0.4) is 0 Å². The molecule has 1 unspecified atom stereocenters. The molecule has 0 amide bonds. The van der Waals surface area contributed by atoms with Crippen LogP contribution in [0.5, 0.6) is 0 Å². The highest BCUT2D eigenvalue weighted by molar-refractivity contribution is 5.89. The van der Waals surface area contributed by atoms with Gasteiger partial charge in [-0.1, -0.05) is 25.1 Å².